The Kier molecular flexibility index (Phi) is 4.55. The van der Waals surface area contributed by atoms with Crippen LogP contribution < -0.4 is 11.1 Å². The lowest BCUT2D eigenvalue weighted by Crippen LogP contribution is -2.25. The van der Waals surface area contributed by atoms with Crippen molar-refractivity contribution in [1.82, 2.24) is 5.32 Å². The van der Waals surface area contributed by atoms with Crippen molar-refractivity contribution >= 4 is 5.84 Å². The predicted octanol–water partition coefficient (Wildman–Crippen LogP) is 4.54. The van der Waals surface area contributed by atoms with Crippen LogP contribution in [-0.2, 0) is 0 Å². The second-order valence-electron chi connectivity index (χ2n) is 6.78. The molecule has 0 saturated heterocycles. The smallest absolute Gasteiger partial charge is 0.129 e. The number of aliphatic imine (C=N–C) groups is 1. The number of nitrogens with zero attached hydrogens (tertiary/aromatic N) is 1. The van der Waals surface area contributed by atoms with Crippen LogP contribution in [0.4, 0.5) is 0 Å². The van der Waals surface area contributed by atoms with Gasteiger partial charge in [-0.1, -0.05) is 84.9 Å². The van der Waals surface area contributed by atoms with Gasteiger partial charge < -0.3 is 11.1 Å². The van der Waals surface area contributed by atoms with Gasteiger partial charge in [-0.3, -0.25) is 4.99 Å². The van der Waals surface area contributed by atoms with Gasteiger partial charge in [0, 0.05) is 11.6 Å². The van der Waals surface area contributed by atoms with Crippen molar-refractivity contribution in [1.29, 1.82) is 0 Å². The van der Waals surface area contributed by atoms with Crippen LogP contribution in [0.15, 0.2) is 89.9 Å². The highest BCUT2D eigenvalue weighted by molar-refractivity contribution is 6.00. The molecule has 3 N–H and O–H groups in total. The summed E-state index contributed by atoms with van der Waals surface area (Å²) in [7, 11) is 0. The van der Waals surface area contributed by atoms with Gasteiger partial charge in [0.05, 0.1) is 6.04 Å². The minimum atomic E-state index is 0.0112. The minimum Gasteiger partial charge on any atom is -0.361 e. The summed E-state index contributed by atoms with van der Waals surface area (Å²) >= 11 is 0. The molecule has 1 aliphatic rings. The third kappa shape index (κ3) is 3.26. The zero-order chi connectivity index (χ0) is 17.9. The summed E-state index contributed by atoms with van der Waals surface area (Å²) in [5.74, 6) is 0.940. The topological polar surface area (TPSA) is 50.4 Å². The standard InChI is InChI=1S/C23H23N3/c1-16(24)19-13-8-14-20(15-19)22-21(17-9-4-2-5-10-17)25-23(26-22)18-11-6-3-7-12-18/h2-16,21-22H,24H2,1H3,(H,25,26). The van der Waals surface area contributed by atoms with Crippen molar-refractivity contribution in [3.8, 4) is 0 Å². The molecule has 0 saturated carbocycles. The van der Waals surface area contributed by atoms with Crippen molar-refractivity contribution in [2.75, 3.05) is 0 Å². The quantitative estimate of drug-likeness (QED) is 0.732. The molecule has 3 atom stereocenters. The average Bonchev–Trinajstić information content (AvgIpc) is 3.15. The Balaban J connectivity index is 1.76. The van der Waals surface area contributed by atoms with Crippen molar-refractivity contribution in [2.24, 2.45) is 10.7 Å². The number of hydrogen-bond donors (Lipinski definition) is 2. The zero-order valence-corrected chi connectivity index (χ0v) is 14.8. The minimum absolute atomic E-state index is 0.0112. The SMILES string of the molecule is CC(N)c1cccc(C2N=C(c3ccccc3)NC2c2ccccc2)c1. The van der Waals surface area contributed by atoms with E-state index in [4.69, 9.17) is 10.7 Å². The van der Waals surface area contributed by atoms with E-state index in [1.165, 1.54) is 11.1 Å². The Hall–Kier alpha value is -2.91. The Bertz CT molecular complexity index is 901. The van der Waals surface area contributed by atoms with Crippen LogP contribution in [0.2, 0.25) is 0 Å². The first-order valence-electron chi connectivity index (χ1n) is 9.02. The highest BCUT2D eigenvalue weighted by Gasteiger charge is 2.31. The molecule has 1 heterocycles. The number of rotatable bonds is 4. The summed E-state index contributed by atoms with van der Waals surface area (Å²) in [5.41, 5.74) is 10.8. The molecule has 130 valence electrons. The van der Waals surface area contributed by atoms with E-state index < -0.39 is 0 Å². The number of nitrogens with two attached hydrogens (primary N) is 1. The fourth-order valence-electron chi connectivity index (χ4n) is 3.45. The second kappa shape index (κ2) is 7.14. The van der Waals surface area contributed by atoms with Crippen LogP contribution in [0.5, 0.6) is 0 Å². The van der Waals surface area contributed by atoms with Gasteiger partial charge in [0.1, 0.15) is 11.9 Å². The maximum absolute atomic E-state index is 6.09. The summed E-state index contributed by atoms with van der Waals surface area (Å²) in [4.78, 5) is 5.05. The second-order valence-corrected chi connectivity index (χ2v) is 6.78. The van der Waals surface area contributed by atoms with Gasteiger partial charge in [0.15, 0.2) is 0 Å². The lowest BCUT2D eigenvalue weighted by atomic mass is 9.93. The molecule has 4 rings (SSSR count). The third-order valence-electron chi connectivity index (χ3n) is 4.86. The van der Waals surface area contributed by atoms with Gasteiger partial charge in [-0.05, 0) is 23.6 Å². The molecule has 0 spiro atoms. The van der Waals surface area contributed by atoms with E-state index in [1.54, 1.807) is 0 Å². The summed E-state index contributed by atoms with van der Waals surface area (Å²) in [5, 5.41) is 3.64. The van der Waals surface area contributed by atoms with Gasteiger partial charge in [0.2, 0.25) is 0 Å². The van der Waals surface area contributed by atoms with Crippen molar-refractivity contribution in [2.45, 2.75) is 25.0 Å². The molecule has 0 fully saturated rings. The zero-order valence-electron chi connectivity index (χ0n) is 14.8. The molecule has 0 aromatic heterocycles. The number of nitrogens with one attached hydrogen (secondary N) is 1. The van der Waals surface area contributed by atoms with Crippen molar-refractivity contribution in [3.05, 3.63) is 107 Å². The van der Waals surface area contributed by atoms with Crippen LogP contribution in [0.1, 0.15) is 47.3 Å². The fourth-order valence-corrected chi connectivity index (χ4v) is 3.45. The maximum atomic E-state index is 6.09. The fraction of sp³-hybridized carbons (Fsp3) is 0.174. The molecule has 3 aromatic carbocycles. The van der Waals surface area contributed by atoms with E-state index in [0.29, 0.717) is 0 Å². The molecule has 0 radical (unpaired) electrons. The first kappa shape index (κ1) is 16.6. The lowest BCUT2D eigenvalue weighted by molar-refractivity contribution is 0.571. The molecule has 0 bridgehead atoms. The van der Waals surface area contributed by atoms with E-state index >= 15 is 0 Å². The van der Waals surface area contributed by atoms with Crippen LogP contribution in [-0.4, -0.2) is 5.84 Å². The Labute approximate surface area is 154 Å². The van der Waals surface area contributed by atoms with Gasteiger partial charge >= 0.3 is 0 Å². The molecule has 26 heavy (non-hydrogen) atoms. The van der Waals surface area contributed by atoms with Gasteiger partial charge in [-0.15, -0.1) is 0 Å². The van der Waals surface area contributed by atoms with Crippen LogP contribution in [0.25, 0.3) is 0 Å². The van der Waals surface area contributed by atoms with E-state index in [9.17, 15) is 0 Å². The molecule has 3 unspecified atom stereocenters. The molecule has 3 aromatic rings. The van der Waals surface area contributed by atoms with E-state index in [-0.39, 0.29) is 18.1 Å². The largest absolute Gasteiger partial charge is 0.361 e. The normalized spacial score (nSPS) is 20.3. The number of hydrogen-bond acceptors (Lipinski definition) is 3. The average molecular weight is 341 g/mol. The van der Waals surface area contributed by atoms with Crippen LogP contribution in [0.3, 0.4) is 0 Å². The van der Waals surface area contributed by atoms with Gasteiger partial charge in [-0.25, -0.2) is 0 Å². The van der Waals surface area contributed by atoms with E-state index in [1.807, 2.05) is 31.2 Å². The molecule has 1 aliphatic heterocycles. The first-order valence-corrected chi connectivity index (χ1v) is 9.02. The highest BCUT2D eigenvalue weighted by Crippen LogP contribution is 2.37. The summed E-state index contributed by atoms with van der Waals surface area (Å²) in [6.45, 7) is 2.01. The molecular weight excluding hydrogens is 318 g/mol. The Morgan fingerprint density at radius 1 is 0.846 bits per heavy atom. The molecule has 0 amide bonds. The van der Waals surface area contributed by atoms with Crippen LogP contribution in [0, 0.1) is 0 Å². The lowest BCUT2D eigenvalue weighted by Gasteiger charge is -2.20. The van der Waals surface area contributed by atoms with E-state index in [2.05, 4.69) is 66.0 Å². The number of benzene rings is 3. The Morgan fingerprint density at radius 3 is 2.19 bits per heavy atom. The molecular formula is C23H23N3. The molecule has 0 aliphatic carbocycles. The third-order valence-corrected chi connectivity index (χ3v) is 4.86. The molecule has 3 nitrogen and oxygen atoms in total. The first-order chi connectivity index (χ1) is 12.7. The van der Waals surface area contributed by atoms with Crippen LogP contribution >= 0.6 is 0 Å². The Morgan fingerprint density at radius 2 is 1.50 bits per heavy atom. The molecule has 3 heteroatoms. The van der Waals surface area contributed by atoms with Crippen molar-refractivity contribution < 1.29 is 0 Å². The summed E-state index contributed by atoms with van der Waals surface area (Å²) in [6, 6.07) is 29.4. The monoisotopic (exact) mass is 341 g/mol. The maximum Gasteiger partial charge on any atom is 0.129 e. The van der Waals surface area contributed by atoms with E-state index in [0.717, 1.165) is 17.0 Å². The van der Waals surface area contributed by atoms with Gasteiger partial charge in [0.25, 0.3) is 0 Å². The summed E-state index contributed by atoms with van der Waals surface area (Å²) in [6.07, 6.45) is 0. The van der Waals surface area contributed by atoms with Crippen molar-refractivity contribution in [3.63, 3.8) is 0 Å². The summed E-state index contributed by atoms with van der Waals surface area (Å²) < 4.78 is 0. The number of amidine groups is 1. The predicted molar refractivity (Wildman–Crippen MR) is 107 cm³/mol. The van der Waals surface area contributed by atoms with Gasteiger partial charge in [-0.2, -0.15) is 0 Å². The highest BCUT2D eigenvalue weighted by atomic mass is 15.1.